The number of aromatic nitrogens is 2. The number of anilines is 1. The number of aliphatic hydroxyl groups is 1. The van der Waals surface area contributed by atoms with E-state index in [1.165, 1.54) is 11.1 Å². The predicted octanol–water partition coefficient (Wildman–Crippen LogP) is 5.63. The van der Waals surface area contributed by atoms with Crippen molar-refractivity contribution in [3.05, 3.63) is 65.4 Å². The van der Waals surface area contributed by atoms with Crippen molar-refractivity contribution in [1.82, 2.24) is 9.97 Å². The molecule has 37 heavy (non-hydrogen) atoms. The van der Waals surface area contributed by atoms with E-state index < -0.39 is 6.10 Å². The highest BCUT2D eigenvalue weighted by Gasteiger charge is 2.36. The van der Waals surface area contributed by atoms with Crippen LogP contribution in [-0.4, -0.2) is 33.0 Å². The monoisotopic (exact) mass is 500 g/mol. The predicted molar refractivity (Wildman–Crippen MR) is 152 cm³/mol. The molecular formula is C30H40N6O. The molecule has 2 unspecified atom stereocenters. The van der Waals surface area contributed by atoms with Crippen LogP contribution in [0.3, 0.4) is 0 Å². The lowest BCUT2D eigenvalue weighted by Crippen LogP contribution is -2.46. The van der Waals surface area contributed by atoms with Crippen LogP contribution >= 0.6 is 0 Å². The molecular weight excluding hydrogens is 460 g/mol. The molecule has 1 aromatic heterocycles. The molecule has 0 saturated carbocycles. The van der Waals surface area contributed by atoms with Crippen LogP contribution in [0.15, 0.2) is 53.6 Å². The Kier molecular flexibility index (Phi) is 8.44. The van der Waals surface area contributed by atoms with Crippen LogP contribution in [0.4, 0.5) is 5.82 Å². The first-order chi connectivity index (χ1) is 17.8. The number of hydrogen-bond donors (Lipinski definition) is 3. The molecule has 3 aromatic rings. The lowest BCUT2D eigenvalue weighted by molar-refractivity contribution is 0.139. The Bertz CT molecular complexity index is 1220. The standard InChI is InChI=1S/C30H40N6O/c1-19(2)36-24(8-6-5-7-9-26(31)35-32)18-25(37)29-30(36)34-28(23-16-12-21(4)13-17-23)27(33-29)22-14-10-20(3)11-15-22/h10-17,19,24-25,37H,5-9,18,32H2,1-4H3,(H2,31,35). The number of hydrogen-bond acceptors (Lipinski definition) is 6. The van der Waals surface area contributed by atoms with Crippen molar-refractivity contribution >= 4 is 11.7 Å². The van der Waals surface area contributed by atoms with Crippen LogP contribution in [-0.2, 0) is 0 Å². The van der Waals surface area contributed by atoms with Crippen molar-refractivity contribution in [1.29, 1.82) is 0 Å². The van der Waals surface area contributed by atoms with Crippen molar-refractivity contribution < 1.29 is 5.11 Å². The Morgan fingerprint density at radius 3 is 2.05 bits per heavy atom. The zero-order valence-electron chi connectivity index (χ0n) is 22.5. The fourth-order valence-electron chi connectivity index (χ4n) is 5.18. The lowest BCUT2D eigenvalue weighted by atomic mass is 9.92. The molecule has 0 fully saturated rings. The Labute approximate surface area is 220 Å². The Hall–Kier alpha value is -3.45. The van der Waals surface area contributed by atoms with Gasteiger partial charge >= 0.3 is 0 Å². The molecule has 0 aliphatic carbocycles. The average Bonchev–Trinajstić information content (AvgIpc) is 2.88. The normalized spacial score (nSPS) is 17.8. The summed E-state index contributed by atoms with van der Waals surface area (Å²) < 4.78 is 0. The van der Waals surface area contributed by atoms with E-state index in [1.54, 1.807) is 0 Å². The van der Waals surface area contributed by atoms with Gasteiger partial charge in [-0.15, -0.1) is 0 Å². The molecule has 2 heterocycles. The van der Waals surface area contributed by atoms with Gasteiger partial charge in [-0.25, -0.2) is 9.97 Å². The number of unbranched alkanes of at least 4 members (excludes halogenated alkanes) is 2. The summed E-state index contributed by atoms with van der Waals surface area (Å²) in [6, 6.07) is 17.2. The molecule has 1 aliphatic heterocycles. The molecule has 1 aliphatic rings. The number of aryl methyl sites for hydroxylation is 2. The topological polar surface area (TPSA) is 114 Å². The van der Waals surface area contributed by atoms with Gasteiger partial charge in [-0.05, 0) is 47.0 Å². The minimum atomic E-state index is -0.654. The van der Waals surface area contributed by atoms with E-state index >= 15 is 0 Å². The molecule has 2 aromatic carbocycles. The number of nitrogens with zero attached hydrogens (tertiary/aromatic N) is 4. The minimum Gasteiger partial charge on any atom is -0.387 e. The highest BCUT2D eigenvalue weighted by Crippen LogP contribution is 2.41. The van der Waals surface area contributed by atoms with E-state index in [9.17, 15) is 5.11 Å². The van der Waals surface area contributed by atoms with Gasteiger partial charge in [-0.1, -0.05) is 72.5 Å². The number of aliphatic hydroxyl groups excluding tert-OH is 1. The van der Waals surface area contributed by atoms with Crippen LogP contribution in [0.25, 0.3) is 22.5 Å². The highest BCUT2D eigenvalue weighted by atomic mass is 16.3. The van der Waals surface area contributed by atoms with Gasteiger partial charge in [-0.2, -0.15) is 5.10 Å². The van der Waals surface area contributed by atoms with E-state index in [-0.39, 0.29) is 12.1 Å². The molecule has 5 N–H and O–H groups in total. The summed E-state index contributed by atoms with van der Waals surface area (Å²) in [4.78, 5) is 12.7. The summed E-state index contributed by atoms with van der Waals surface area (Å²) >= 11 is 0. The van der Waals surface area contributed by atoms with Gasteiger partial charge in [0.25, 0.3) is 0 Å². The van der Waals surface area contributed by atoms with Crippen LogP contribution in [0.2, 0.25) is 0 Å². The van der Waals surface area contributed by atoms with Crippen molar-refractivity contribution in [3.63, 3.8) is 0 Å². The Balaban J connectivity index is 1.71. The molecule has 0 bridgehead atoms. The van der Waals surface area contributed by atoms with Crippen molar-refractivity contribution in [2.45, 2.75) is 84.4 Å². The average molecular weight is 501 g/mol. The van der Waals surface area contributed by atoms with Gasteiger partial charge in [0.15, 0.2) is 5.82 Å². The molecule has 0 saturated heterocycles. The summed E-state index contributed by atoms with van der Waals surface area (Å²) in [5, 5.41) is 14.8. The SMILES string of the molecule is Cc1ccc(-c2nc3c(nc2-c2ccc(C)cc2)N(C(C)C)C(CCCCC/C(N)=N/N)CC3O)cc1. The summed E-state index contributed by atoms with van der Waals surface area (Å²) in [6.45, 7) is 8.54. The van der Waals surface area contributed by atoms with Crippen molar-refractivity contribution in [2.75, 3.05) is 4.90 Å². The first kappa shape index (κ1) is 26.6. The fourth-order valence-corrected chi connectivity index (χ4v) is 5.18. The van der Waals surface area contributed by atoms with Crippen LogP contribution in [0.1, 0.15) is 75.3 Å². The number of rotatable bonds is 9. The summed E-state index contributed by atoms with van der Waals surface area (Å²) in [7, 11) is 0. The maximum atomic E-state index is 11.3. The van der Waals surface area contributed by atoms with E-state index in [1.807, 2.05) is 0 Å². The van der Waals surface area contributed by atoms with Crippen LogP contribution < -0.4 is 16.5 Å². The Morgan fingerprint density at radius 2 is 1.51 bits per heavy atom. The van der Waals surface area contributed by atoms with Gasteiger partial charge in [0.05, 0.1) is 11.4 Å². The molecule has 0 radical (unpaired) electrons. The summed E-state index contributed by atoms with van der Waals surface area (Å²) in [5.74, 6) is 6.54. The second-order valence-electron chi connectivity index (χ2n) is 10.5. The molecule has 196 valence electrons. The lowest BCUT2D eigenvalue weighted by Gasteiger charge is -2.42. The molecule has 7 nitrogen and oxygen atoms in total. The van der Waals surface area contributed by atoms with Gasteiger partial charge in [0.1, 0.15) is 17.6 Å². The largest absolute Gasteiger partial charge is 0.387 e. The second kappa shape index (κ2) is 11.7. The second-order valence-corrected chi connectivity index (χ2v) is 10.5. The van der Waals surface area contributed by atoms with Gasteiger partial charge in [0, 0.05) is 29.6 Å². The number of benzene rings is 2. The molecule has 0 amide bonds. The van der Waals surface area contributed by atoms with E-state index in [0.29, 0.717) is 24.4 Å². The maximum Gasteiger partial charge on any atom is 0.154 e. The van der Waals surface area contributed by atoms with Gasteiger partial charge < -0.3 is 21.6 Å². The van der Waals surface area contributed by atoms with Crippen molar-refractivity contribution in [2.24, 2.45) is 16.7 Å². The molecule has 2 atom stereocenters. The highest BCUT2D eigenvalue weighted by molar-refractivity contribution is 5.80. The third-order valence-electron chi connectivity index (χ3n) is 7.19. The van der Waals surface area contributed by atoms with E-state index in [4.69, 9.17) is 21.5 Å². The van der Waals surface area contributed by atoms with Crippen LogP contribution in [0.5, 0.6) is 0 Å². The zero-order chi connectivity index (χ0) is 26.5. The van der Waals surface area contributed by atoms with E-state index in [0.717, 1.165) is 54.0 Å². The minimum absolute atomic E-state index is 0.188. The number of fused-ring (bicyclic) bond motifs is 1. The Morgan fingerprint density at radius 1 is 0.946 bits per heavy atom. The number of hydrazone groups is 1. The third-order valence-corrected chi connectivity index (χ3v) is 7.19. The first-order valence-electron chi connectivity index (χ1n) is 13.3. The smallest absolute Gasteiger partial charge is 0.154 e. The number of amidine groups is 1. The fraction of sp³-hybridized carbons (Fsp3) is 0.433. The first-order valence-corrected chi connectivity index (χ1v) is 13.3. The summed E-state index contributed by atoms with van der Waals surface area (Å²) in [6.07, 6.45) is 4.70. The van der Waals surface area contributed by atoms with Crippen LogP contribution in [0, 0.1) is 13.8 Å². The maximum absolute atomic E-state index is 11.3. The summed E-state index contributed by atoms with van der Waals surface area (Å²) in [5.41, 5.74) is 12.5. The quantitative estimate of drug-likeness (QED) is 0.115. The molecule has 4 rings (SSSR count). The zero-order valence-corrected chi connectivity index (χ0v) is 22.5. The van der Waals surface area contributed by atoms with Gasteiger partial charge in [-0.3, -0.25) is 0 Å². The third kappa shape index (κ3) is 6.10. The molecule has 0 spiro atoms. The number of nitrogens with two attached hydrogens (primary N) is 2. The van der Waals surface area contributed by atoms with Gasteiger partial charge in [0.2, 0.25) is 0 Å². The molecule has 7 heteroatoms. The van der Waals surface area contributed by atoms with Crippen molar-refractivity contribution in [3.8, 4) is 22.5 Å². The van der Waals surface area contributed by atoms with E-state index in [2.05, 4.69) is 86.2 Å².